The van der Waals surface area contributed by atoms with Crippen LogP contribution in [0.4, 0.5) is 10.5 Å². The number of carbonyl (C=O) groups excluding carboxylic acids is 2. The van der Waals surface area contributed by atoms with Crippen molar-refractivity contribution in [2.24, 2.45) is 0 Å². The Balaban J connectivity index is 1.26. The number of ether oxygens (including phenoxy) is 2. The van der Waals surface area contributed by atoms with E-state index in [4.69, 9.17) is 9.47 Å². The monoisotopic (exact) mass is 483 g/mol. The number of anilines is 1. The number of hydrogen-bond donors (Lipinski definition) is 2. The normalized spacial score (nSPS) is 22.2. The molecular formula is C29H29N3O4. The van der Waals surface area contributed by atoms with Gasteiger partial charge in [0, 0.05) is 23.6 Å². The van der Waals surface area contributed by atoms with Gasteiger partial charge < -0.3 is 20.1 Å². The van der Waals surface area contributed by atoms with E-state index < -0.39 is 5.72 Å². The van der Waals surface area contributed by atoms with Crippen LogP contribution < -0.4 is 25.0 Å². The molecule has 2 aliphatic heterocycles. The third-order valence-corrected chi connectivity index (χ3v) is 7.32. The van der Waals surface area contributed by atoms with Crippen molar-refractivity contribution in [1.82, 2.24) is 10.6 Å². The molecule has 7 heteroatoms. The average Bonchev–Trinajstić information content (AvgIpc) is 3.27. The molecule has 2 atom stereocenters. The molecule has 0 spiro atoms. The van der Waals surface area contributed by atoms with E-state index in [2.05, 4.69) is 22.8 Å². The van der Waals surface area contributed by atoms with Crippen LogP contribution in [0.1, 0.15) is 53.4 Å². The smallest absolute Gasteiger partial charge is 0.325 e. The quantitative estimate of drug-likeness (QED) is 0.549. The summed E-state index contributed by atoms with van der Waals surface area (Å²) in [5.41, 5.74) is 3.66. The van der Waals surface area contributed by atoms with Gasteiger partial charge in [0.1, 0.15) is 0 Å². The van der Waals surface area contributed by atoms with E-state index >= 15 is 0 Å². The highest BCUT2D eigenvalue weighted by Gasteiger charge is 2.50. The lowest BCUT2D eigenvalue weighted by Gasteiger charge is -2.50. The van der Waals surface area contributed by atoms with Crippen LogP contribution in [0, 0.1) is 0 Å². The Bertz CT molecular complexity index is 1330. The topological polar surface area (TPSA) is 79.9 Å². The highest BCUT2D eigenvalue weighted by molar-refractivity contribution is 5.99. The molecule has 1 saturated heterocycles. The summed E-state index contributed by atoms with van der Waals surface area (Å²) in [5, 5.41) is 6.28. The van der Waals surface area contributed by atoms with Crippen LogP contribution >= 0.6 is 0 Å². The molecule has 0 aromatic heterocycles. The maximum Gasteiger partial charge on any atom is 0.325 e. The van der Waals surface area contributed by atoms with Gasteiger partial charge >= 0.3 is 6.03 Å². The summed E-state index contributed by atoms with van der Waals surface area (Å²) in [6.07, 6.45) is 2.22. The number of amides is 3. The van der Waals surface area contributed by atoms with E-state index in [1.54, 1.807) is 23.1 Å². The second-order valence-electron chi connectivity index (χ2n) is 9.82. The standard InChI is InChI=1S/C29H29N3O4/c1-3-35-25-13-7-12-23-24-17-29(2,36-26(23)25)32(28(34)31-24)22-11-6-10-20(16-22)27(33)30-21-14-18-8-4-5-9-19(18)15-21/h4-13,16,21,24H,3,14-15,17H2,1-2H3,(H,30,33)(H,31,34)/t24?,29-/m1/s1. The molecule has 36 heavy (non-hydrogen) atoms. The minimum Gasteiger partial charge on any atom is -0.490 e. The number of urea groups is 1. The first kappa shape index (κ1) is 22.5. The van der Waals surface area contributed by atoms with Crippen LogP contribution in [0.3, 0.4) is 0 Å². The molecule has 3 aromatic rings. The van der Waals surface area contributed by atoms with E-state index in [9.17, 15) is 9.59 Å². The van der Waals surface area contributed by atoms with Crippen molar-refractivity contribution in [1.29, 1.82) is 0 Å². The zero-order valence-corrected chi connectivity index (χ0v) is 20.4. The van der Waals surface area contributed by atoms with Gasteiger partial charge in [0.15, 0.2) is 17.2 Å². The maximum atomic E-state index is 13.3. The first-order chi connectivity index (χ1) is 17.4. The predicted octanol–water partition coefficient (Wildman–Crippen LogP) is 4.75. The van der Waals surface area contributed by atoms with Crippen molar-refractivity contribution in [3.63, 3.8) is 0 Å². The highest BCUT2D eigenvalue weighted by atomic mass is 16.5. The summed E-state index contributed by atoms with van der Waals surface area (Å²) in [6, 6.07) is 20.8. The van der Waals surface area contributed by atoms with Crippen molar-refractivity contribution in [3.05, 3.63) is 89.0 Å². The third kappa shape index (κ3) is 3.75. The minimum absolute atomic E-state index is 0.0604. The van der Waals surface area contributed by atoms with Gasteiger partial charge in [-0.25, -0.2) is 4.79 Å². The summed E-state index contributed by atoms with van der Waals surface area (Å²) in [6.45, 7) is 4.35. The Hall–Kier alpha value is -4.00. The number of hydrogen-bond acceptors (Lipinski definition) is 4. The number of fused-ring (bicyclic) bond motifs is 5. The lowest BCUT2D eigenvalue weighted by molar-refractivity contribution is 0.0343. The average molecular weight is 484 g/mol. The van der Waals surface area contributed by atoms with Gasteiger partial charge in [-0.1, -0.05) is 42.5 Å². The van der Waals surface area contributed by atoms with E-state index in [-0.39, 0.29) is 24.0 Å². The summed E-state index contributed by atoms with van der Waals surface area (Å²) in [4.78, 5) is 28.1. The molecule has 7 nitrogen and oxygen atoms in total. The van der Waals surface area contributed by atoms with E-state index in [1.807, 2.05) is 50.2 Å². The molecule has 0 radical (unpaired) electrons. The summed E-state index contributed by atoms with van der Waals surface area (Å²) >= 11 is 0. The van der Waals surface area contributed by atoms with Gasteiger partial charge in [0.25, 0.3) is 5.91 Å². The van der Waals surface area contributed by atoms with Crippen LogP contribution in [0.15, 0.2) is 66.7 Å². The van der Waals surface area contributed by atoms with Crippen molar-refractivity contribution in [3.8, 4) is 11.5 Å². The molecule has 1 aliphatic carbocycles. The molecule has 1 fully saturated rings. The van der Waals surface area contributed by atoms with Crippen molar-refractivity contribution in [2.75, 3.05) is 11.5 Å². The molecule has 3 amide bonds. The Kier molecular flexibility index (Phi) is 5.36. The predicted molar refractivity (Wildman–Crippen MR) is 137 cm³/mol. The number of nitrogens with one attached hydrogen (secondary N) is 2. The van der Waals surface area contributed by atoms with Gasteiger partial charge in [0.05, 0.1) is 18.3 Å². The fourth-order valence-corrected chi connectivity index (χ4v) is 5.74. The van der Waals surface area contributed by atoms with Gasteiger partial charge in [-0.15, -0.1) is 0 Å². The SMILES string of the molecule is CCOc1cccc2c1O[C@]1(C)CC2NC(=O)N1c1cccc(C(=O)NC2Cc3ccccc3C2)c1. The van der Waals surface area contributed by atoms with Crippen LogP contribution in [0.2, 0.25) is 0 Å². The molecule has 3 aromatic carbocycles. The second kappa shape index (κ2) is 8.59. The lowest BCUT2D eigenvalue weighted by Crippen LogP contribution is -2.65. The zero-order chi connectivity index (χ0) is 24.9. The number of benzene rings is 3. The van der Waals surface area contributed by atoms with Crippen LogP contribution in [-0.4, -0.2) is 30.3 Å². The largest absolute Gasteiger partial charge is 0.490 e. The molecule has 2 N–H and O–H groups in total. The van der Waals surface area contributed by atoms with E-state index in [0.29, 0.717) is 35.8 Å². The summed E-state index contributed by atoms with van der Waals surface area (Å²) in [7, 11) is 0. The van der Waals surface area contributed by atoms with Gasteiger partial charge in [-0.2, -0.15) is 0 Å². The van der Waals surface area contributed by atoms with Crippen molar-refractivity contribution >= 4 is 17.6 Å². The molecule has 2 heterocycles. The summed E-state index contributed by atoms with van der Waals surface area (Å²) < 4.78 is 12.3. The fourth-order valence-electron chi connectivity index (χ4n) is 5.74. The number of rotatable bonds is 5. The number of nitrogens with zero attached hydrogens (tertiary/aromatic N) is 1. The molecular weight excluding hydrogens is 454 g/mol. The zero-order valence-electron chi connectivity index (χ0n) is 20.4. The lowest BCUT2D eigenvalue weighted by atomic mass is 9.89. The van der Waals surface area contributed by atoms with Crippen molar-refractivity contribution < 1.29 is 19.1 Å². The molecule has 6 rings (SSSR count). The van der Waals surface area contributed by atoms with Gasteiger partial charge in [0.2, 0.25) is 0 Å². The minimum atomic E-state index is -0.935. The van der Waals surface area contributed by atoms with Crippen molar-refractivity contribution in [2.45, 2.75) is 50.9 Å². The number of carbonyl (C=O) groups is 2. The summed E-state index contributed by atoms with van der Waals surface area (Å²) in [5.74, 6) is 1.16. The van der Waals surface area contributed by atoms with Crippen LogP contribution in [0.5, 0.6) is 11.5 Å². The molecule has 0 saturated carbocycles. The molecule has 184 valence electrons. The van der Waals surface area contributed by atoms with E-state index in [0.717, 1.165) is 18.4 Å². The Labute approximate surface area is 210 Å². The first-order valence-electron chi connectivity index (χ1n) is 12.5. The van der Waals surface area contributed by atoms with E-state index in [1.165, 1.54) is 11.1 Å². The Morgan fingerprint density at radius 1 is 1.11 bits per heavy atom. The highest BCUT2D eigenvalue weighted by Crippen LogP contribution is 2.49. The third-order valence-electron chi connectivity index (χ3n) is 7.32. The first-order valence-corrected chi connectivity index (χ1v) is 12.5. The molecule has 3 aliphatic rings. The second-order valence-corrected chi connectivity index (χ2v) is 9.82. The Morgan fingerprint density at radius 3 is 2.61 bits per heavy atom. The van der Waals surface area contributed by atoms with Gasteiger partial charge in [-0.05, 0) is 62.1 Å². The fraction of sp³-hybridized carbons (Fsp3) is 0.310. The molecule has 2 bridgehead atoms. The Morgan fingerprint density at radius 2 is 1.86 bits per heavy atom. The van der Waals surface area contributed by atoms with Gasteiger partial charge in [-0.3, -0.25) is 9.69 Å². The molecule has 1 unspecified atom stereocenters. The van der Waals surface area contributed by atoms with Crippen LogP contribution in [-0.2, 0) is 12.8 Å². The number of para-hydroxylation sites is 1. The maximum absolute atomic E-state index is 13.3. The van der Waals surface area contributed by atoms with Crippen LogP contribution in [0.25, 0.3) is 0 Å².